The molecule has 1 unspecified atom stereocenters. The van der Waals surface area contributed by atoms with Crippen molar-refractivity contribution in [3.05, 3.63) is 35.1 Å². The van der Waals surface area contributed by atoms with Gasteiger partial charge in [-0.3, -0.25) is 0 Å². The third-order valence-corrected chi connectivity index (χ3v) is 3.07. The van der Waals surface area contributed by atoms with Gasteiger partial charge in [0.15, 0.2) is 0 Å². The summed E-state index contributed by atoms with van der Waals surface area (Å²) in [5.74, 6) is -0.105. The van der Waals surface area contributed by atoms with Crippen molar-refractivity contribution in [1.82, 2.24) is 5.32 Å². The topological polar surface area (TPSA) is 12.0 Å². The summed E-state index contributed by atoms with van der Waals surface area (Å²) < 4.78 is 13.3. The summed E-state index contributed by atoms with van der Waals surface area (Å²) in [6.07, 6.45) is 0. The van der Waals surface area contributed by atoms with Gasteiger partial charge in [-0.15, -0.1) is 0 Å². The van der Waals surface area contributed by atoms with E-state index in [9.17, 15) is 4.39 Å². The molecule has 76 valence electrons. The Bertz CT molecular complexity index is 357. The first-order valence-electron chi connectivity index (χ1n) is 5.00. The van der Waals surface area contributed by atoms with Crippen LogP contribution in [0, 0.1) is 18.2 Å². The van der Waals surface area contributed by atoms with Crippen molar-refractivity contribution in [2.75, 3.05) is 6.54 Å². The lowest BCUT2D eigenvalue weighted by Gasteiger charge is -2.46. The second-order valence-corrected chi connectivity index (χ2v) is 4.81. The van der Waals surface area contributed by atoms with Crippen molar-refractivity contribution in [2.45, 2.75) is 26.8 Å². The van der Waals surface area contributed by atoms with Gasteiger partial charge in [-0.2, -0.15) is 0 Å². The maximum atomic E-state index is 13.3. The van der Waals surface area contributed by atoms with Gasteiger partial charge in [-0.1, -0.05) is 26.0 Å². The molecule has 0 amide bonds. The van der Waals surface area contributed by atoms with Gasteiger partial charge in [-0.05, 0) is 29.5 Å². The highest BCUT2D eigenvalue weighted by Gasteiger charge is 2.39. The standard InChI is InChI=1S/C12H16FN/c1-8-4-5-9(6-10(8)13)11-12(2,3)7-14-11/h4-6,11,14H,7H2,1-3H3. The Hall–Kier alpha value is -0.890. The molecule has 0 spiro atoms. The minimum Gasteiger partial charge on any atom is -0.309 e. The number of hydrogen-bond donors (Lipinski definition) is 1. The van der Waals surface area contributed by atoms with Gasteiger partial charge >= 0.3 is 0 Å². The Balaban J connectivity index is 2.30. The molecule has 2 rings (SSSR count). The van der Waals surface area contributed by atoms with Crippen LogP contribution in [-0.2, 0) is 0 Å². The van der Waals surface area contributed by atoms with E-state index in [1.54, 1.807) is 13.0 Å². The average molecular weight is 193 g/mol. The van der Waals surface area contributed by atoms with Crippen LogP contribution in [-0.4, -0.2) is 6.54 Å². The maximum absolute atomic E-state index is 13.3. The highest BCUT2D eigenvalue weighted by Crippen LogP contribution is 2.40. The third kappa shape index (κ3) is 1.44. The molecule has 0 aliphatic carbocycles. The van der Waals surface area contributed by atoms with E-state index in [1.165, 1.54) is 0 Å². The molecule has 1 nitrogen and oxygen atoms in total. The van der Waals surface area contributed by atoms with Gasteiger partial charge in [0.25, 0.3) is 0 Å². The number of rotatable bonds is 1. The predicted molar refractivity (Wildman–Crippen MR) is 55.7 cm³/mol. The first kappa shape index (κ1) is 9.66. The molecular formula is C12H16FN. The fraction of sp³-hybridized carbons (Fsp3) is 0.500. The van der Waals surface area contributed by atoms with E-state index in [0.717, 1.165) is 12.1 Å². The molecule has 0 radical (unpaired) electrons. The number of nitrogens with one attached hydrogen (secondary N) is 1. The quantitative estimate of drug-likeness (QED) is 0.723. The summed E-state index contributed by atoms with van der Waals surface area (Å²) in [6.45, 7) is 7.20. The smallest absolute Gasteiger partial charge is 0.126 e. The van der Waals surface area contributed by atoms with E-state index in [4.69, 9.17) is 0 Å². The van der Waals surface area contributed by atoms with E-state index in [2.05, 4.69) is 19.2 Å². The maximum Gasteiger partial charge on any atom is 0.126 e. The van der Waals surface area contributed by atoms with Crippen molar-refractivity contribution in [2.24, 2.45) is 5.41 Å². The third-order valence-electron chi connectivity index (χ3n) is 3.07. The van der Waals surface area contributed by atoms with Crippen molar-refractivity contribution in [1.29, 1.82) is 0 Å². The van der Waals surface area contributed by atoms with Gasteiger partial charge in [0.2, 0.25) is 0 Å². The number of aryl methyl sites for hydroxylation is 1. The SMILES string of the molecule is Cc1ccc(C2NCC2(C)C)cc1F. The van der Waals surface area contributed by atoms with Gasteiger partial charge in [0, 0.05) is 12.6 Å². The molecule has 1 aromatic carbocycles. The second kappa shape index (κ2) is 3.06. The summed E-state index contributed by atoms with van der Waals surface area (Å²) in [5, 5.41) is 3.33. The van der Waals surface area contributed by atoms with E-state index >= 15 is 0 Å². The van der Waals surface area contributed by atoms with E-state index in [0.29, 0.717) is 11.6 Å². The predicted octanol–water partition coefficient (Wildman–Crippen LogP) is 2.80. The zero-order valence-corrected chi connectivity index (χ0v) is 8.89. The van der Waals surface area contributed by atoms with Crippen LogP contribution in [0.4, 0.5) is 4.39 Å². The van der Waals surface area contributed by atoms with Crippen LogP contribution in [0.25, 0.3) is 0 Å². The number of hydrogen-bond acceptors (Lipinski definition) is 1. The summed E-state index contributed by atoms with van der Waals surface area (Å²) in [6, 6.07) is 5.81. The summed E-state index contributed by atoms with van der Waals surface area (Å²) in [4.78, 5) is 0. The van der Waals surface area contributed by atoms with Crippen molar-refractivity contribution >= 4 is 0 Å². The summed E-state index contributed by atoms with van der Waals surface area (Å²) in [7, 11) is 0. The number of halogens is 1. The van der Waals surface area contributed by atoms with Crippen LogP contribution in [0.15, 0.2) is 18.2 Å². The van der Waals surface area contributed by atoms with Crippen LogP contribution in [0.5, 0.6) is 0 Å². The largest absolute Gasteiger partial charge is 0.309 e. The van der Waals surface area contributed by atoms with Crippen molar-refractivity contribution in [3.63, 3.8) is 0 Å². The minimum absolute atomic E-state index is 0.105. The lowest BCUT2D eigenvalue weighted by Crippen LogP contribution is -2.52. The molecule has 1 N–H and O–H groups in total. The molecular weight excluding hydrogens is 177 g/mol. The highest BCUT2D eigenvalue weighted by atomic mass is 19.1. The van der Waals surface area contributed by atoms with Gasteiger partial charge in [-0.25, -0.2) is 4.39 Å². The van der Waals surface area contributed by atoms with Crippen molar-refractivity contribution < 1.29 is 4.39 Å². The molecule has 14 heavy (non-hydrogen) atoms. The Labute approximate surface area is 84.3 Å². The molecule has 0 saturated carbocycles. The Morgan fingerprint density at radius 2 is 2.14 bits per heavy atom. The molecule has 1 aliphatic heterocycles. The molecule has 1 aliphatic rings. The molecule has 1 aromatic rings. The van der Waals surface area contributed by atoms with E-state index in [1.807, 2.05) is 12.1 Å². The lowest BCUT2D eigenvalue weighted by atomic mass is 9.74. The first-order valence-corrected chi connectivity index (χ1v) is 5.00. The summed E-state index contributed by atoms with van der Waals surface area (Å²) >= 11 is 0. The molecule has 1 atom stereocenters. The molecule has 0 aromatic heterocycles. The van der Waals surface area contributed by atoms with Crippen LogP contribution >= 0.6 is 0 Å². The van der Waals surface area contributed by atoms with E-state index in [-0.39, 0.29) is 11.2 Å². The molecule has 2 heteroatoms. The molecule has 1 heterocycles. The molecule has 1 fully saturated rings. The van der Waals surface area contributed by atoms with Crippen LogP contribution in [0.3, 0.4) is 0 Å². The van der Waals surface area contributed by atoms with Crippen LogP contribution < -0.4 is 5.32 Å². The fourth-order valence-electron chi connectivity index (χ4n) is 1.97. The molecule has 1 saturated heterocycles. The van der Waals surface area contributed by atoms with Gasteiger partial charge < -0.3 is 5.32 Å². The zero-order valence-electron chi connectivity index (χ0n) is 8.89. The van der Waals surface area contributed by atoms with Gasteiger partial charge in [0.1, 0.15) is 5.82 Å². The zero-order chi connectivity index (χ0) is 10.3. The highest BCUT2D eigenvalue weighted by molar-refractivity contribution is 5.28. The Morgan fingerprint density at radius 1 is 1.43 bits per heavy atom. The van der Waals surface area contributed by atoms with Crippen LogP contribution in [0.1, 0.15) is 31.0 Å². The minimum atomic E-state index is -0.105. The second-order valence-electron chi connectivity index (χ2n) is 4.81. The first-order chi connectivity index (χ1) is 6.50. The monoisotopic (exact) mass is 193 g/mol. The Kier molecular flexibility index (Phi) is 2.11. The normalized spacial score (nSPS) is 24.4. The van der Waals surface area contributed by atoms with E-state index < -0.39 is 0 Å². The van der Waals surface area contributed by atoms with Crippen LogP contribution in [0.2, 0.25) is 0 Å². The van der Waals surface area contributed by atoms with Crippen molar-refractivity contribution in [3.8, 4) is 0 Å². The fourth-order valence-corrected chi connectivity index (χ4v) is 1.97. The molecule has 0 bridgehead atoms. The number of benzene rings is 1. The Morgan fingerprint density at radius 3 is 2.57 bits per heavy atom. The lowest BCUT2D eigenvalue weighted by molar-refractivity contribution is 0.128. The van der Waals surface area contributed by atoms with Gasteiger partial charge in [0.05, 0.1) is 0 Å². The average Bonchev–Trinajstić information content (AvgIpc) is 2.10. The summed E-state index contributed by atoms with van der Waals surface area (Å²) in [5.41, 5.74) is 2.03.